The highest BCUT2D eigenvalue weighted by Crippen LogP contribution is 2.29. The van der Waals surface area contributed by atoms with Gasteiger partial charge in [0.1, 0.15) is 32.7 Å². The Labute approximate surface area is 150 Å². The number of aromatic nitrogens is 2. The van der Waals surface area contributed by atoms with E-state index in [1.54, 1.807) is 11.1 Å². The average molecular weight is 370 g/mol. The van der Waals surface area contributed by atoms with Crippen molar-refractivity contribution in [3.05, 3.63) is 53.6 Å². The molecule has 0 aliphatic carbocycles. The lowest BCUT2D eigenvalue weighted by molar-refractivity contribution is -0.920. The number of morpholine rings is 1. The zero-order valence-corrected chi connectivity index (χ0v) is 14.6. The lowest BCUT2D eigenvalue weighted by atomic mass is 10.1. The zero-order valence-electron chi connectivity index (χ0n) is 14.6. The number of benzene rings is 1. The predicted octanol–water partition coefficient (Wildman–Crippen LogP) is -0.0713. The van der Waals surface area contributed by atoms with Crippen LogP contribution in [0.1, 0.15) is 17.0 Å². The first-order valence-electron chi connectivity index (χ1n) is 8.91. The lowest BCUT2D eigenvalue weighted by Crippen LogP contribution is -3.16. The molecule has 1 aromatic carbocycles. The van der Waals surface area contributed by atoms with E-state index < -0.39 is 11.7 Å². The van der Waals surface area contributed by atoms with Gasteiger partial charge in [0, 0.05) is 18.9 Å². The summed E-state index contributed by atoms with van der Waals surface area (Å²) in [5.41, 5.74) is 0.209. The Kier molecular flexibility index (Phi) is 6.29. The van der Waals surface area contributed by atoms with Crippen molar-refractivity contribution in [1.29, 1.82) is 0 Å². The maximum Gasteiger partial charge on any atom is 0.416 e. The number of nitrogens with zero attached hydrogens (tertiary/aromatic N) is 2. The van der Waals surface area contributed by atoms with Crippen LogP contribution < -0.4 is 10.2 Å². The third-order valence-electron chi connectivity index (χ3n) is 4.66. The molecule has 2 heterocycles. The molecule has 0 saturated carbocycles. The molecule has 2 aromatic rings. The lowest BCUT2D eigenvalue weighted by Gasteiger charge is -2.22. The second kappa shape index (κ2) is 8.66. The number of quaternary nitrogens is 2. The fourth-order valence-electron chi connectivity index (χ4n) is 3.12. The predicted molar refractivity (Wildman–Crippen MR) is 89.7 cm³/mol. The summed E-state index contributed by atoms with van der Waals surface area (Å²) in [6.07, 6.45) is -0.690. The van der Waals surface area contributed by atoms with Gasteiger partial charge in [-0.05, 0) is 17.7 Å². The van der Waals surface area contributed by atoms with Crippen LogP contribution in [0.2, 0.25) is 0 Å². The van der Waals surface area contributed by atoms with E-state index in [9.17, 15) is 13.2 Å². The van der Waals surface area contributed by atoms with Crippen LogP contribution in [0.25, 0.3) is 0 Å². The number of halogens is 3. The minimum Gasteiger partial charge on any atom is -0.370 e. The van der Waals surface area contributed by atoms with Crippen molar-refractivity contribution < 1.29 is 28.1 Å². The first kappa shape index (κ1) is 18.9. The van der Waals surface area contributed by atoms with E-state index in [1.165, 1.54) is 12.1 Å². The highest BCUT2D eigenvalue weighted by atomic mass is 19.4. The van der Waals surface area contributed by atoms with Crippen LogP contribution in [0.4, 0.5) is 13.2 Å². The first-order chi connectivity index (χ1) is 12.5. The number of rotatable bonds is 7. The zero-order chi connectivity index (χ0) is 18.4. The van der Waals surface area contributed by atoms with Crippen molar-refractivity contribution in [1.82, 2.24) is 9.55 Å². The van der Waals surface area contributed by atoms with Crippen molar-refractivity contribution in [2.24, 2.45) is 0 Å². The van der Waals surface area contributed by atoms with Crippen LogP contribution in [-0.2, 0) is 24.0 Å². The molecule has 5 nitrogen and oxygen atoms in total. The van der Waals surface area contributed by atoms with Gasteiger partial charge in [-0.2, -0.15) is 13.2 Å². The van der Waals surface area contributed by atoms with Crippen LogP contribution in [0.15, 0.2) is 36.7 Å². The van der Waals surface area contributed by atoms with E-state index in [0.29, 0.717) is 6.54 Å². The van der Waals surface area contributed by atoms with Crippen molar-refractivity contribution in [3.8, 4) is 0 Å². The summed E-state index contributed by atoms with van der Waals surface area (Å²) in [5, 5.41) is 2.23. The molecule has 8 heteroatoms. The van der Waals surface area contributed by atoms with E-state index in [0.717, 1.165) is 69.5 Å². The molecule has 3 N–H and O–H groups in total. The van der Waals surface area contributed by atoms with Crippen LogP contribution in [0.3, 0.4) is 0 Å². The maximum absolute atomic E-state index is 12.6. The second-order valence-electron chi connectivity index (χ2n) is 6.56. The Bertz CT molecular complexity index is 678. The van der Waals surface area contributed by atoms with Crippen LogP contribution >= 0.6 is 0 Å². The molecule has 0 spiro atoms. The van der Waals surface area contributed by atoms with Crippen LogP contribution in [0.5, 0.6) is 0 Å². The summed E-state index contributed by atoms with van der Waals surface area (Å²) in [5.74, 6) is 0.932. The Morgan fingerprint density at radius 1 is 1.15 bits per heavy atom. The third-order valence-corrected chi connectivity index (χ3v) is 4.66. The van der Waals surface area contributed by atoms with Gasteiger partial charge in [0.25, 0.3) is 0 Å². The van der Waals surface area contributed by atoms with Crippen molar-refractivity contribution >= 4 is 0 Å². The molecule has 0 bridgehead atoms. The largest absolute Gasteiger partial charge is 0.416 e. The van der Waals surface area contributed by atoms with Gasteiger partial charge in [-0.1, -0.05) is 12.1 Å². The molecule has 0 radical (unpaired) electrons. The molecular weight excluding hydrogens is 345 g/mol. The molecule has 0 atom stereocenters. The standard InChI is InChI=1S/C18H23F3N4O/c19-18(20,21)16-3-1-15(2-4-16)14-25-8-6-23-17(25)13-22-5-7-24-9-11-26-12-10-24/h1-4,6,8,22H,5,7,9-14H2/p+2. The van der Waals surface area contributed by atoms with Gasteiger partial charge < -0.3 is 19.5 Å². The topological polar surface area (TPSA) is 48.1 Å². The number of imidazole rings is 1. The molecule has 1 aliphatic heterocycles. The highest BCUT2D eigenvalue weighted by molar-refractivity contribution is 5.25. The Hall–Kier alpha value is -1.90. The van der Waals surface area contributed by atoms with Crippen LogP contribution in [-0.4, -0.2) is 48.9 Å². The smallest absolute Gasteiger partial charge is 0.370 e. The van der Waals surface area contributed by atoms with E-state index in [2.05, 4.69) is 10.3 Å². The Morgan fingerprint density at radius 3 is 2.58 bits per heavy atom. The number of alkyl halides is 3. The molecule has 1 fully saturated rings. The van der Waals surface area contributed by atoms with E-state index in [4.69, 9.17) is 4.74 Å². The molecule has 26 heavy (non-hydrogen) atoms. The van der Waals surface area contributed by atoms with Crippen LogP contribution in [0, 0.1) is 0 Å². The number of nitrogens with two attached hydrogens (primary N) is 1. The molecule has 1 saturated heterocycles. The van der Waals surface area contributed by atoms with E-state index in [-0.39, 0.29) is 0 Å². The fraction of sp³-hybridized carbons (Fsp3) is 0.500. The fourth-order valence-corrected chi connectivity index (χ4v) is 3.12. The summed E-state index contributed by atoms with van der Waals surface area (Å²) in [6, 6.07) is 5.31. The summed E-state index contributed by atoms with van der Waals surface area (Å²) in [7, 11) is 0. The van der Waals surface area contributed by atoms with Crippen molar-refractivity contribution in [2.45, 2.75) is 19.3 Å². The number of hydrogen-bond acceptors (Lipinski definition) is 2. The number of hydrogen-bond donors (Lipinski definition) is 2. The number of ether oxygens (including phenoxy) is 1. The minimum atomic E-state index is -4.30. The molecule has 0 unspecified atom stereocenters. The molecule has 1 aromatic heterocycles. The first-order valence-corrected chi connectivity index (χ1v) is 8.91. The molecular formula is C18H25F3N4O+2. The van der Waals surface area contributed by atoms with Gasteiger partial charge >= 0.3 is 6.18 Å². The van der Waals surface area contributed by atoms with Crippen molar-refractivity contribution in [2.75, 3.05) is 39.4 Å². The van der Waals surface area contributed by atoms with E-state index >= 15 is 0 Å². The normalized spacial score (nSPS) is 16.1. The van der Waals surface area contributed by atoms with Gasteiger partial charge in [0.15, 0.2) is 5.82 Å². The molecule has 142 valence electrons. The summed E-state index contributed by atoms with van der Waals surface area (Å²) in [6.45, 7) is 7.21. The van der Waals surface area contributed by atoms with Gasteiger partial charge in [0.05, 0.1) is 18.8 Å². The maximum atomic E-state index is 12.6. The van der Waals surface area contributed by atoms with Gasteiger partial charge in [0.2, 0.25) is 0 Å². The second-order valence-corrected chi connectivity index (χ2v) is 6.56. The Morgan fingerprint density at radius 2 is 1.88 bits per heavy atom. The monoisotopic (exact) mass is 370 g/mol. The van der Waals surface area contributed by atoms with E-state index in [1.807, 2.05) is 10.8 Å². The average Bonchev–Trinajstić information content (AvgIpc) is 3.06. The summed E-state index contributed by atoms with van der Waals surface area (Å²) >= 11 is 0. The molecule has 3 rings (SSSR count). The third kappa shape index (κ3) is 5.30. The number of nitrogens with one attached hydrogen (secondary N) is 1. The summed E-state index contributed by atoms with van der Waals surface area (Å²) < 4.78 is 45.3. The minimum absolute atomic E-state index is 0.524. The molecule has 0 amide bonds. The summed E-state index contributed by atoms with van der Waals surface area (Å²) in [4.78, 5) is 5.95. The van der Waals surface area contributed by atoms with Gasteiger partial charge in [-0.3, -0.25) is 0 Å². The highest BCUT2D eigenvalue weighted by Gasteiger charge is 2.29. The van der Waals surface area contributed by atoms with Crippen molar-refractivity contribution in [3.63, 3.8) is 0 Å². The van der Waals surface area contributed by atoms with Gasteiger partial charge in [-0.15, -0.1) is 0 Å². The Balaban J connectivity index is 1.48. The quantitative estimate of drug-likeness (QED) is 0.671. The SMILES string of the molecule is FC(F)(F)c1ccc(Cn2ccnc2C[NH2+]CC[NH+]2CCOCC2)cc1. The molecule has 1 aliphatic rings. The van der Waals surface area contributed by atoms with Gasteiger partial charge in [-0.25, -0.2) is 4.98 Å².